The van der Waals surface area contributed by atoms with Gasteiger partial charge in [-0.15, -0.1) is 0 Å². The van der Waals surface area contributed by atoms with Crippen LogP contribution in [0.4, 0.5) is 4.79 Å². The molecule has 2 aliphatic heterocycles. The van der Waals surface area contributed by atoms with Crippen molar-refractivity contribution < 1.29 is 19.0 Å². The minimum atomic E-state index is -0.327. The molecule has 0 unspecified atom stereocenters. The van der Waals surface area contributed by atoms with Gasteiger partial charge in [0.05, 0.1) is 12.7 Å². The van der Waals surface area contributed by atoms with Gasteiger partial charge in [-0.1, -0.05) is 39.0 Å². The Kier molecular flexibility index (Phi) is 4.61. The number of para-hydroxylation sites is 1. The summed E-state index contributed by atoms with van der Waals surface area (Å²) in [4.78, 5) is 12.0. The van der Waals surface area contributed by atoms with Crippen molar-refractivity contribution in [1.82, 2.24) is 5.32 Å². The summed E-state index contributed by atoms with van der Waals surface area (Å²) in [5.41, 5.74) is 0.725. The van der Waals surface area contributed by atoms with Crippen molar-refractivity contribution in [1.29, 1.82) is 0 Å². The third-order valence-corrected chi connectivity index (χ3v) is 7.26. The number of amides is 1. The van der Waals surface area contributed by atoms with Crippen LogP contribution in [0.1, 0.15) is 52.2 Å². The van der Waals surface area contributed by atoms with Crippen molar-refractivity contribution in [2.45, 2.75) is 52.2 Å². The van der Waals surface area contributed by atoms with Gasteiger partial charge < -0.3 is 19.5 Å². The molecule has 1 amide bonds. The molecule has 0 radical (unpaired) electrons. The minimum Gasteiger partial charge on any atom is -0.487 e. The average Bonchev–Trinajstić information content (AvgIpc) is 2.64. The first-order valence-corrected chi connectivity index (χ1v) is 10.2. The summed E-state index contributed by atoms with van der Waals surface area (Å²) in [5.74, 6) is 1.86. The Hall–Kier alpha value is -1.75. The average molecular weight is 373 g/mol. The van der Waals surface area contributed by atoms with Crippen LogP contribution >= 0.6 is 0 Å². The van der Waals surface area contributed by atoms with Crippen molar-refractivity contribution in [3.05, 3.63) is 29.8 Å². The summed E-state index contributed by atoms with van der Waals surface area (Å²) in [6.45, 7) is 10.4. The van der Waals surface area contributed by atoms with Crippen LogP contribution < -0.4 is 10.1 Å². The van der Waals surface area contributed by atoms with Gasteiger partial charge >= 0.3 is 6.09 Å². The summed E-state index contributed by atoms with van der Waals surface area (Å²) in [5, 5.41) is 2.81. The van der Waals surface area contributed by atoms with E-state index >= 15 is 0 Å². The number of nitrogens with one attached hydrogen (secondary N) is 1. The van der Waals surface area contributed by atoms with E-state index in [1.807, 2.05) is 25.1 Å². The van der Waals surface area contributed by atoms with Gasteiger partial charge in [-0.25, -0.2) is 4.79 Å². The zero-order valence-corrected chi connectivity index (χ0v) is 16.8. The zero-order chi connectivity index (χ0) is 19.2. The van der Waals surface area contributed by atoms with E-state index in [1.54, 1.807) is 0 Å². The van der Waals surface area contributed by atoms with Crippen molar-refractivity contribution >= 4 is 6.09 Å². The first-order chi connectivity index (χ1) is 12.9. The highest BCUT2D eigenvalue weighted by atomic mass is 16.6. The molecule has 5 heteroatoms. The Bertz CT molecular complexity index is 722. The predicted octanol–water partition coefficient (Wildman–Crippen LogP) is 4.32. The Labute approximate surface area is 161 Å². The lowest BCUT2D eigenvalue weighted by atomic mass is 9.50. The maximum absolute atomic E-state index is 12.0. The lowest BCUT2D eigenvalue weighted by Gasteiger charge is -2.63. The van der Waals surface area contributed by atoms with E-state index in [0.29, 0.717) is 31.6 Å². The van der Waals surface area contributed by atoms with Gasteiger partial charge in [0.2, 0.25) is 0 Å². The fourth-order valence-corrected chi connectivity index (χ4v) is 5.73. The highest BCUT2D eigenvalue weighted by molar-refractivity contribution is 5.67. The number of hydrogen-bond donors (Lipinski definition) is 1. The normalized spacial score (nSPS) is 39.1. The smallest absolute Gasteiger partial charge is 0.407 e. The molecule has 1 N–H and O–H groups in total. The van der Waals surface area contributed by atoms with E-state index in [9.17, 15) is 4.79 Å². The Morgan fingerprint density at radius 2 is 2.11 bits per heavy atom. The summed E-state index contributed by atoms with van der Waals surface area (Å²) < 4.78 is 18.7. The number of rotatable bonds is 4. The van der Waals surface area contributed by atoms with Gasteiger partial charge in [-0.2, -0.15) is 0 Å². The van der Waals surface area contributed by atoms with Gasteiger partial charge in [-0.3, -0.25) is 0 Å². The van der Waals surface area contributed by atoms with E-state index in [-0.39, 0.29) is 29.1 Å². The van der Waals surface area contributed by atoms with Gasteiger partial charge in [0, 0.05) is 23.4 Å². The maximum atomic E-state index is 12.0. The molecule has 1 saturated heterocycles. The molecule has 2 fully saturated rings. The number of carbonyl (C=O) groups is 1. The van der Waals surface area contributed by atoms with Gasteiger partial charge in [-0.05, 0) is 37.7 Å². The molecule has 148 valence electrons. The van der Waals surface area contributed by atoms with Crippen LogP contribution in [-0.2, 0) is 9.47 Å². The molecular weight excluding hydrogens is 342 g/mol. The molecule has 0 aromatic heterocycles. The molecule has 1 aromatic rings. The fourth-order valence-electron chi connectivity index (χ4n) is 5.73. The second-order valence-corrected chi connectivity index (χ2v) is 8.84. The second kappa shape index (κ2) is 6.69. The van der Waals surface area contributed by atoms with Crippen LogP contribution in [-0.4, -0.2) is 31.5 Å². The molecule has 1 aliphatic carbocycles. The largest absolute Gasteiger partial charge is 0.487 e. The lowest BCUT2D eigenvalue weighted by Crippen LogP contribution is -2.66. The highest BCUT2D eigenvalue weighted by Crippen LogP contribution is 2.63. The lowest BCUT2D eigenvalue weighted by molar-refractivity contribution is -0.259. The maximum Gasteiger partial charge on any atom is 0.407 e. The van der Waals surface area contributed by atoms with E-state index in [1.165, 1.54) is 0 Å². The number of hydrogen-bond acceptors (Lipinski definition) is 4. The summed E-state index contributed by atoms with van der Waals surface area (Å²) in [6.07, 6.45) is 1.56. The molecule has 6 atom stereocenters. The first kappa shape index (κ1) is 18.6. The topological polar surface area (TPSA) is 56.8 Å². The predicted molar refractivity (Wildman–Crippen MR) is 103 cm³/mol. The van der Waals surface area contributed by atoms with Crippen molar-refractivity contribution in [3.8, 4) is 5.75 Å². The standard InChI is InChI=1S/C22H31NO4/c1-5-10-23-20(24)26-13-22-12-25-19-16-8-6-7-9-17(16)27-21(4,11-14(22)2)18(19)15(22)3/h6-9,14-15,18-19H,5,10-13H2,1-4H3,(H,23,24)/t14-,15-,18-,19+,21-,22-/m0/s1. The molecular formula is C22H31NO4. The van der Waals surface area contributed by atoms with Gasteiger partial charge in [0.15, 0.2) is 0 Å². The molecule has 0 spiro atoms. The second-order valence-electron chi connectivity index (χ2n) is 8.84. The molecule has 5 nitrogen and oxygen atoms in total. The quantitative estimate of drug-likeness (QED) is 0.854. The molecule has 1 aromatic carbocycles. The van der Waals surface area contributed by atoms with E-state index in [0.717, 1.165) is 24.2 Å². The summed E-state index contributed by atoms with van der Waals surface area (Å²) >= 11 is 0. The number of alkyl carbamates (subject to hydrolysis) is 1. The fraction of sp³-hybridized carbons (Fsp3) is 0.682. The van der Waals surface area contributed by atoms with Crippen LogP contribution in [0.3, 0.4) is 0 Å². The third-order valence-electron chi connectivity index (χ3n) is 7.26. The van der Waals surface area contributed by atoms with Crippen molar-refractivity contribution in [3.63, 3.8) is 0 Å². The van der Waals surface area contributed by atoms with E-state index in [2.05, 4.69) is 32.2 Å². The zero-order valence-electron chi connectivity index (χ0n) is 16.8. The van der Waals surface area contributed by atoms with Crippen molar-refractivity contribution in [2.75, 3.05) is 19.8 Å². The highest BCUT2D eigenvalue weighted by Gasteiger charge is 2.64. The van der Waals surface area contributed by atoms with Crippen molar-refractivity contribution in [2.24, 2.45) is 23.2 Å². The number of ether oxygens (including phenoxy) is 3. The number of carbonyl (C=O) groups excluding carboxylic acids is 1. The van der Waals surface area contributed by atoms with Crippen LogP contribution in [0, 0.1) is 23.2 Å². The van der Waals surface area contributed by atoms with Gasteiger partial charge in [0.1, 0.15) is 18.0 Å². The molecule has 1 saturated carbocycles. The molecule has 3 aliphatic rings. The molecule has 2 bridgehead atoms. The van der Waals surface area contributed by atoms with Crippen LogP contribution in [0.15, 0.2) is 24.3 Å². The Morgan fingerprint density at radius 1 is 1.33 bits per heavy atom. The molecule has 4 rings (SSSR count). The molecule has 2 heterocycles. The van der Waals surface area contributed by atoms with E-state index < -0.39 is 0 Å². The minimum absolute atomic E-state index is 0.0458. The Balaban J connectivity index is 1.61. The number of benzene rings is 1. The summed E-state index contributed by atoms with van der Waals surface area (Å²) in [6, 6.07) is 8.24. The van der Waals surface area contributed by atoms with Gasteiger partial charge in [0.25, 0.3) is 0 Å². The SMILES string of the molecule is CCCNC(=O)OC[C@@]12CO[C@@H]3c4ccccc4O[C@@](C)(C[C@@H]1C)[C@H]3[C@@H]2C. The third kappa shape index (κ3) is 2.82. The number of fused-ring (bicyclic) bond motifs is 3. The molecule has 27 heavy (non-hydrogen) atoms. The van der Waals surface area contributed by atoms with E-state index in [4.69, 9.17) is 14.2 Å². The first-order valence-electron chi connectivity index (χ1n) is 10.2. The van der Waals surface area contributed by atoms with Crippen LogP contribution in [0.2, 0.25) is 0 Å². The van der Waals surface area contributed by atoms with Crippen LogP contribution in [0.25, 0.3) is 0 Å². The Morgan fingerprint density at radius 3 is 2.89 bits per heavy atom. The summed E-state index contributed by atoms with van der Waals surface area (Å²) in [7, 11) is 0. The monoisotopic (exact) mass is 373 g/mol. The van der Waals surface area contributed by atoms with Crippen LogP contribution in [0.5, 0.6) is 5.75 Å².